The summed E-state index contributed by atoms with van der Waals surface area (Å²) in [6.45, 7) is 2.94. The number of imidazole rings is 1. The van der Waals surface area contributed by atoms with Gasteiger partial charge in [-0.15, -0.1) is 11.3 Å². The van der Waals surface area contributed by atoms with Gasteiger partial charge in [-0.2, -0.15) is 0 Å². The molecule has 3 heterocycles. The molecule has 2 N–H and O–H groups in total. The standard InChI is InChI=1S/C15H16N4S/c1-9-17-12-6-10-11(7-14(12)19(9)2)18-13(8-16-10)15-4-3-5-20-15/h3-7,13,16,18H,8H2,1-2H3. The number of nitrogens with one attached hydrogen (secondary N) is 2. The van der Waals surface area contributed by atoms with Crippen LogP contribution >= 0.6 is 11.3 Å². The summed E-state index contributed by atoms with van der Waals surface area (Å²) >= 11 is 1.79. The van der Waals surface area contributed by atoms with Gasteiger partial charge in [0.25, 0.3) is 0 Å². The molecule has 1 aromatic carbocycles. The van der Waals surface area contributed by atoms with Crippen molar-refractivity contribution in [1.29, 1.82) is 0 Å². The highest BCUT2D eigenvalue weighted by atomic mass is 32.1. The zero-order valence-corrected chi connectivity index (χ0v) is 12.3. The van der Waals surface area contributed by atoms with Gasteiger partial charge in [0.05, 0.1) is 28.5 Å². The number of nitrogens with zero attached hydrogens (tertiary/aromatic N) is 2. The van der Waals surface area contributed by atoms with Crippen molar-refractivity contribution in [1.82, 2.24) is 9.55 Å². The van der Waals surface area contributed by atoms with Gasteiger partial charge in [-0.05, 0) is 30.5 Å². The molecule has 0 bridgehead atoms. The largest absolute Gasteiger partial charge is 0.381 e. The van der Waals surface area contributed by atoms with Gasteiger partial charge in [0.2, 0.25) is 0 Å². The summed E-state index contributed by atoms with van der Waals surface area (Å²) in [6, 6.07) is 8.95. The molecule has 0 radical (unpaired) electrons. The minimum absolute atomic E-state index is 0.342. The van der Waals surface area contributed by atoms with Crippen LogP contribution in [0, 0.1) is 6.92 Å². The van der Waals surface area contributed by atoms with E-state index in [1.165, 1.54) is 10.4 Å². The first-order chi connectivity index (χ1) is 9.72. The predicted octanol–water partition coefficient (Wildman–Crippen LogP) is 3.52. The Kier molecular flexibility index (Phi) is 2.50. The molecule has 0 aliphatic carbocycles. The van der Waals surface area contributed by atoms with Gasteiger partial charge >= 0.3 is 0 Å². The number of aromatic nitrogens is 2. The van der Waals surface area contributed by atoms with E-state index < -0.39 is 0 Å². The van der Waals surface area contributed by atoms with Crippen LogP contribution in [0.5, 0.6) is 0 Å². The Morgan fingerprint density at radius 3 is 3.05 bits per heavy atom. The molecule has 1 aliphatic heterocycles. The second kappa shape index (κ2) is 4.24. The van der Waals surface area contributed by atoms with Crippen LogP contribution in [0.4, 0.5) is 11.4 Å². The fourth-order valence-electron chi connectivity index (χ4n) is 2.74. The van der Waals surface area contributed by atoms with Crippen LogP contribution < -0.4 is 10.6 Å². The van der Waals surface area contributed by atoms with Gasteiger partial charge in [0.1, 0.15) is 5.82 Å². The van der Waals surface area contributed by atoms with Gasteiger partial charge in [-0.25, -0.2) is 4.98 Å². The first kappa shape index (κ1) is 11.8. The lowest BCUT2D eigenvalue weighted by molar-refractivity contribution is 0.820. The van der Waals surface area contributed by atoms with Gasteiger partial charge in [0.15, 0.2) is 0 Å². The number of thiophene rings is 1. The van der Waals surface area contributed by atoms with E-state index in [0.717, 1.165) is 29.3 Å². The molecule has 0 amide bonds. The Balaban J connectivity index is 1.78. The van der Waals surface area contributed by atoms with Crippen molar-refractivity contribution in [3.63, 3.8) is 0 Å². The molecule has 4 nitrogen and oxygen atoms in total. The Bertz CT molecular complexity index is 773. The number of hydrogen-bond donors (Lipinski definition) is 2. The topological polar surface area (TPSA) is 41.9 Å². The normalized spacial score (nSPS) is 17.6. The lowest BCUT2D eigenvalue weighted by Crippen LogP contribution is -2.25. The third-order valence-corrected chi connectivity index (χ3v) is 4.94. The lowest BCUT2D eigenvalue weighted by atomic mass is 10.1. The third-order valence-electron chi connectivity index (χ3n) is 3.96. The van der Waals surface area contributed by atoms with Gasteiger partial charge in [-0.1, -0.05) is 6.07 Å². The van der Waals surface area contributed by atoms with Crippen molar-refractivity contribution >= 4 is 33.7 Å². The minimum atomic E-state index is 0.342. The zero-order valence-electron chi connectivity index (χ0n) is 11.5. The second-order valence-corrected chi connectivity index (χ2v) is 6.18. The molecule has 1 atom stereocenters. The monoisotopic (exact) mass is 284 g/mol. The van der Waals surface area contributed by atoms with Crippen LogP contribution in [0.3, 0.4) is 0 Å². The fourth-order valence-corrected chi connectivity index (χ4v) is 3.51. The Morgan fingerprint density at radius 1 is 1.35 bits per heavy atom. The molecule has 20 heavy (non-hydrogen) atoms. The molecule has 1 aliphatic rings. The van der Waals surface area contributed by atoms with Crippen molar-refractivity contribution in [3.8, 4) is 0 Å². The molecule has 2 aromatic heterocycles. The number of anilines is 2. The summed E-state index contributed by atoms with van der Waals surface area (Å²) < 4.78 is 2.13. The Labute approximate surface area is 121 Å². The maximum Gasteiger partial charge on any atom is 0.106 e. The highest BCUT2D eigenvalue weighted by Gasteiger charge is 2.21. The van der Waals surface area contributed by atoms with Crippen LogP contribution in [0.2, 0.25) is 0 Å². The van der Waals surface area contributed by atoms with E-state index in [1.54, 1.807) is 11.3 Å². The van der Waals surface area contributed by atoms with E-state index in [2.05, 4.69) is 56.9 Å². The summed E-state index contributed by atoms with van der Waals surface area (Å²) in [4.78, 5) is 5.95. The molecule has 0 fully saturated rings. The van der Waals surface area contributed by atoms with E-state index in [1.807, 2.05) is 6.92 Å². The molecular weight excluding hydrogens is 268 g/mol. The molecule has 0 saturated carbocycles. The van der Waals surface area contributed by atoms with Crippen LogP contribution in [0.25, 0.3) is 11.0 Å². The number of fused-ring (bicyclic) bond motifs is 2. The van der Waals surface area contributed by atoms with E-state index >= 15 is 0 Å². The molecule has 0 spiro atoms. The minimum Gasteiger partial charge on any atom is -0.381 e. The average molecular weight is 284 g/mol. The molecule has 4 rings (SSSR count). The van der Waals surface area contributed by atoms with E-state index in [9.17, 15) is 0 Å². The molecule has 1 unspecified atom stereocenters. The molecular formula is C15H16N4S. The van der Waals surface area contributed by atoms with E-state index in [0.29, 0.717) is 6.04 Å². The van der Waals surface area contributed by atoms with Crippen LogP contribution in [0.15, 0.2) is 29.6 Å². The van der Waals surface area contributed by atoms with Crippen molar-refractivity contribution in [2.24, 2.45) is 7.05 Å². The predicted molar refractivity (Wildman–Crippen MR) is 84.6 cm³/mol. The number of aryl methyl sites for hydroxylation is 2. The molecule has 5 heteroatoms. The molecule has 3 aromatic rings. The molecule has 102 valence electrons. The van der Waals surface area contributed by atoms with Gasteiger partial charge < -0.3 is 15.2 Å². The average Bonchev–Trinajstić information content (AvgIpc) is 3.07. The molecule has 0 saturated heterocycles. The van der Waals surface area contributed by atoms with Crippen LogP contribution in [0.1, 0.15) is 16.7 Å². The van der Waals surface area contributed by atoms with E-state index in [4.69, 9.17) is 0 Å². The third kappa shape index (κ3) is 1.70. The fraction of sp³-hybridized carbons (Fsp3) is 0.267. The highest BCUT2D eigenvalue weighted by Crippen LogP contribution is 2.35. The first-order valence-corrected chi connectivity index (χ1v) is 7.61. The Morgan fingerprint density at radius 2 is 2.25 bits per heavy atom. The highest BCUT2D eigenvalue weighted by molar-refractivity contribution is 7.10. The van der Waals surface area contributed by atoms with Gasteiger partial charge in [-0.3, -0.25) is 0 Å². The van der Waals surface area contributed by atoms with Crippen molar-refractivity contribution in [2.75, 3.05) is 17.2 Å². The number of rotatable bonds is 1. The maximum absolute atomic E-state index is 4.59. The summed E-state index contributed by atoms with van der Waals surface area (Å²) in [5.74, 6) is 1.04. The summed E-state index contributed by atoms with van der Waals surface area (Å²) in [5.41, 5.74) is 4.52. The van der Waals surface area contributed by atoms with Crippen LogP contribution in [-0.4, -0.2) is 16.1 Å². The summed E-state index contributed by atoms with van der Waals surface area (Å²) in [7, 11) is 2.06. The second-order valence-electron chi connectivity index (χ2n) is 5.20. The smallest absolute Gasteiger partial charge is 0.106 e. The SMILES string of the molecule is Cc1nc2cc3c(cc2n1C)NC(c1cccs1)CN3. The summed E-state index contributed by atoms with van der Waals surface area (Å²) in [5, 5.41) is 9.28. The van der Waals surface area contributed by atoms with Crippen LogP contribution in [-0.2, 0) is 7.05 Å². The zero-order chi connectivity index (χ0) is 13.7. The van der Waals surface area contributed by atoms with E-state index in [-0.39, 0.29) is 0 Å². The van der Waals surface area contributed by atoms with Gasteiger partial charge in [0, 0.05) is 18.5 Å². The first-order valence-electron chi connectivity index (χ1n) is 6.73. The quantitative estimate of drug-likeness (QED) is 0.718. The number of hydrogen-bond acceptors (Lipinski definition) is 4. The maximum atomic E-state index is 4.59. The number of benzene rings is 1. The van der Waals surface area contributed by atoms with Crippen molar-refractivity contribution < 1.29 is 0 Å². The summed E-state index contributed by atoms with van der Waals surface area (Å²) in [6.07, 6.45) is 0. The lowest BCUT2D eigenvalue weighted by Gasteiger charge is -2.27. The van der Waals surface area contributed by atoms with Crippen molar-refractivity contribution in [2.45, 2.75) is 13.0 Å². The van der Waals surface area contributed by atoms with Crippen molar-refractivity contribution in [3.05, 3.63) is 40.3 Å². The Hall–Kier alpha value is -2.01.